The van der Waals surface area contributed by atoms with Gasteiger partial charge in [-0.25, -0.2) is 17.2 Å². The summed E-state index contributed by atoms with van der Waals surface area (Å²) in [5.41, 5.74) is 6.54. The monoisotopic (exact) mass is 618 g/mol. The van der Waals surface area contributed by atoms with Gasteiger partial charge < -0.3 is 0 Å². The van der Waals surface area contributed by atoms with E-state index in [9.17, 15) is 8.42 Å². The third kappa shape index (κ3) is 6.68. The Morgan fingerprint density at radius 1 is 0.578 bits per heavy atom. The Balaban J connectivity index is 1.23. The molecule has 0 fully saturated rings. The Bertz CT molecular complexity index is 2010. The minimum Gasteiger partial charge on any atom is -0.256 e. The molecule has 45 heavy (non-hydrogen) atoms. The summed E-state index contributed by atoms with van der Waals surface area (Å²) < 4.78 is 57.0. The molecule has 0 amide bonds. The Labute approximate surface area is 260 Å². The predicted octanol–water partition coefficient (Wildman–Crippen LogP) is 7.94. The molecule has 6 aromatic rings. The van der Waals surface area contributed by atoms with E-state index in [0.29, 0.717) is 33.9 Å². The maximum Gasteiger partial charge on any atom is 0.158 e. The molecule has 0 aliphatic carbocycles. The van der Waals surface area contributed by atoms with Crippen molar-refractivity contribution in [2.24, 2.45) is 0 Å². The molecule has 0 aliphatic rings. The molecule has 0 atom stereocenters. The molecule has 0 unspecified atom stereocenters. The smallest absolute Gasteiger partial charge is 0.158 e. The molecule has 6 rings (SSSR count). The standard InChI is InChI=1S/C36H28F2N4O2S/c1-23-7-3-11-33(41-23)29-9-5-17-39-35(29)25-13-15-27(31(37)19-25)21-45(43,44)22-28-16-14-26(20-32(28)38)36-30(10-6-18-40-36)34-12-4-8-24(2)42-34/h3-20H,21-22H2,1-2H3. The van der Waals surface area contributed by atoms with Gasteiger partial charge in [-0.2, -0.15) is 0 Å². The van der Waals surface area contributed by atoms with E-state index < -0.39 is 33.0 Å². The Morgan fingerprint density at radius 3 is 1.42 bits per heavy atom. The number of halogens is 2. The molecule has 4 aromatic heterocycles. The summed E-state index contributed by atoms with van der Waals surface area (Å²) in [5, 5.41) is 0. The van der Waals surface area contributed by atoms with Gasteiger partial charge in [-0.15, -0.1) is 0 Å². The largest absolute Gasteiger partial charge is 0.256 e. The van der Waals surface area contributed by atoms with Crippen LogP contribution in [0.4, 0.5) is 8.78 Å². The molecule has 0 aliphatic heterocycles. The first-order valence-electron chi connectivity index (χ1n) is 14.2. The number of hydrogen-bond donors (Lipinski definition) is 0. The van der Waals surface area contributed by atoms with Gasteiger partial charge in [-0.3, -0.25) is 19.9 Å². The topological polar surface area (TPSA) is 85.7 Å². The second kappa shape index (κ2) is 12.5. The van der Waals surface area contributed by atoms with Crippen molar-refractivity contribution in [3.05, 3.63) is 144 Å². The normalized spacial score (nSPS) is 11.5. The lowest BCUT2D eigenvalue weighted by Crippen LogP contribution is -2.10. The van der Waals surface area contributed by atoms with Crippen LogP contribution in [0.1, 0.15) is 22.5 Å². The molecule has 2 aromatic carbocycles. The maximum absolute atomic E-state index is 15.3. The van der Waals surface area contributed by atoms with Crippen LogP contribution < -0.4 is 0 Å². The molecule has 0 saturated carbocycles. The molecule has 224 valence electrons. The van der Waals surface area contributed by atoms with E-state index in [1.807, 2.05) is 62.4 Å². The number of sulfone groups is 1. The van der Waals surface area contributed by atoms with Gasteiger partial charge in [0.05, 0.1) is 34.3 Å². The second-order valence-corrected chi connectivity index (χ2v) is 12.8. The van der Waals surface area contributed by atoms with Gasteiger partial charge in [0.1, 0.15) is 11.6 Å². The molecule has 0 bridgehead atoms. The second-order valence-electron chi connectivity index (χ2n) is 10.8. The summed E-state index contributed by atoms with van der Waals surface area (Å²) in [6.07, 6.45) is 3.22. The molecule has 6 nitrogen and oxygen atoms in total. The van der Waals surface area contributed by atoms with Gasteiger partial charge in [0.2, 0.25) is 0 Å². The number of aryl methyl sites for hydroxylation is 2. The lowest BCUT2D eigenvalue weighted by atomic mass is 10.0. The first-order chi connectivity index (χ1) is 21.7. The molecule has 4 heterocycles. The van der Waals surface area contributed by atoms with Crippen molar-refractivity contribution < 1.29 is 17.2 Å². The van der Waals surface area contributed by atoms with Gasteiger partial charge in [0.15, 0.2) is 9.84 Å². The Morgan fingerprint density at radius 2 is 1.02 bits per heavy atom. The van der Waals surface area contributed by atoms with Crippen LogP contribution in [0, 0.1) is 25.5 Å². The lowest BCUT2D eigenvalue weighted by Gasteiger charge is -2.12. The van der Waals surface area contributed by atoms with Crippen LogP contribution in [0.2, 0.25) is 0 Å². The molecular formula is C36H28F2N4O2S. The zero-order chi connectivity index (χ0) is 31.6. The average Bonchev–Trinajstić information content (AvgIpc) is 3.03. The number of pyridine rings is 4. The van der Waals surface area contributed by atoms with Crippen LogP contribution in [0.15, 0.2) is 109 Å². The third-order valence-corrected chi connectivity index (χ3v) is 8.85. The fourth-order valence-electron chi connectivity index (χ4n) is 5.22. The maximum atomic E-state index is 15.3. The van der Waals surface area contributed by atoms with E-state index >= 15 is 8.78 Å². The van der Waals surface area contributed by atoms with Gasteiger partial charge >= 0.3 is 0 Å². The molecule has 0 saturated heterocycles. The first kappa shape index (κ1) is 29.9. The van der Waals surface area contributed by atoms with Gasteiger partial charge in [-0.05, 0) is 74.5 Å². The Kier molecular flexibility index (Phi) is 8.28. The highest BCUT2D eigenvalue weighted by Crippen LogP contribution is 2.32. The summed E-state index contributed by atoms with van der Waals surface area (Å²) in [6.45, 7) is 3.77. The van der Waals surface area contributed by atoms with Crippen molar-refractivity contribution in [2.75, 3.05) is 0 Å². The van der Waals surface area contributed by atoms with E-state index in [1.54, 1.807) is 36.7 Å². The minimum atomic E-state index is -3.93. The van der Waals surface area contributed by atoms with Crippen LogP contribution >= 0.6 is 0 Å². The zero-order valence-corrected chi connectivity index (χ0v) is 25.4. The van der Waals surface area contributed by atoms with Crippen molar-refractivity contribution >= 4 is 9.84 Å². The molecular weight excluding hydrogens is 590 g/mol. The van der Waals surface area contributed by atoms with Crippen LogP contribution in [-0.4, -0.2) is 28.4 Å². The first-order valence-corrected chi connectivity index (χ1v) is 16.0. The minimum absolute atomic E-state index is 0.00859. The molecule has 9 heteroatoms. The van der Waals surface area contributed by atoms with E-state index in [1.165, 1.54) is 24.3 Å². The molecule has 0 radical (unpaired) electrons. The number of rotatable bonds is 8. The highest BCUT2D eigenvalue weighted by atomic mass is 32.2. The predicted molar refractivity (Wildman–Crippen MR) is 172 cm³/mol. The number of aromatic nitrogens is 4. The van der Waals surface area contributed by atoms with Crippen LogP contribution in [0.5, 0.6) is 0 Å². The number of hydrogen-bond acceptors (Lipinski definition) is 6. The van der Waals surface area contributed by atoms with E-state index in [4.69, 9.17) is 0 Å². The molecule has 0 N–H and O–H groups in total. The van der Waals surface area contributed by atoms with E-state index in [0.717, 1.165) is 22.5 Å². The highest BCUT2D eigenvalue weighted by Gasteiger charge is 2.21. The van der Waals surface area contributed by atoms with Gasteiger partial charge in [0.25, 0.3) is 0 Å². The lowest BCUT2D eigenvalue weighted by molar-refractivity contribution is 0.581. The quantitative estimate of drug-likeness (QED) is 0.172. The summed E-state index contributed by atoms with van der Waals surface area (Å²) in [7, 11) is -3.93. The fourth-order valence-corrected chi connectivity index (χ4v) is 6.74. The Hall–Kier alpha value is -5.15. The summed E-state index contributed by atoms with van der Waals surface area (Å²) in [4.78, 5) is 18.0. The third-order valence-electron chi connectivity index (χ3n) is 7.35. The zero-order valence-electron chi connectivity index (χ0n) is 24.6. The van der Waals surface area contributed by atoms with Crippen LogP contribution in [-0.2, 0) is 21.3 Å². The van der Waals surface area contributed by atoms with E-state index in [-0.39, 0.29) is 11.1 Å². The highest BCUT2D eigenvalue weighted by molar-refractivity contribution is 7.89. The van der Waals surface area contributed by atoms with Crippen molar-refractivity contribution in [1.29, 1.82) is 0 Å². The summed E-state index contributed by atoms with van der Waals surface area (Å²) >= 11 is 0. The fraction of sp³-hybridized carbons (Fsp3) is 0.111. The van der Waals surface area contributed by atoms with Crippen molar-refractivity contribution in [2.45, 2.75) is 25.4 Å². The average molecular weight is 619 g/mol. The number of benzene rings is 2. The number of nitrogens with zero attached hydrogens (tertiary/aromatic N) is 4. The van der Waals surface area contributed by atoms with Crippen LogP contribution in [0.25, 0.3) is 45.0 Å². The van der Waals surface area contributed by atoms with Crippen LogP contribution in [0.3, 0.4) is 0 Å². The molecule has 0 spiro atoms. The van der Waals surface area contributed by atoms with Crippen molar-refractivity contribution in [1.82, 2.24) is 19.9 Å². The summed E-state index contributed by atoms with van der Waals surface area (Å²) in [5.74, 6) is -2.54. The van der Waals surface area contributed by atoms with Gasteiger partial charge in [-0.1, -0.05) is 36.4 Å². The van der Waals surface area contributed by atoms with Crippen molar-refractivity contribution in [3.63, 3.8) is 0 Å². The van der Waals surface area contributed by atoms with E-state index in [2.05, 4.69) is 19.9 Å². The van der Waals surface area contributed by atoms with Crippen molar-refractivity contribution in [3.8, 4) is 45.0 Å². The summed E-state index contributed by atoms with van der Waals surface area (Å²) in [6, 6.07) is 27.2. The SMILES string of the molecule is Cc1cccc(-c2cccnc2-c2ccc(CS(=O)(=O)Cc3ccc(-c4ncccc4-c4cccc(C)n4)cc3F)c(F)c2)n1. The van der Waals surface area contributed by atoms with Gasteiger partial charge in [0, 0.05) is 57.2 Å².